The van der Waals surface area contributed by atoms with Gasteiger partial charge < -0.3 is 5.73 Å². The van der Waals surface area contributed by atoms with Crippen LogP contribution >= 0.6 is 0 Å². The Labute approximate surface area is 117 Å². The maximum absolute atomic E-state index is 6.68. The average molecular weight is 257 g/mol. The van der Waals surface area contributed by atoms with Crippen molar-refractivity contribution in [2.45, 2.75) is 63.8 Å². The SMILES string of the molecule is CC1CCC(C(N)C2CCCc3ccccc32)CC1. The summed E-state index contributed by atoms with van der Waals surface area (Å²) in [6.07, 6.45) is 9.32. The minimum Gasteiger partial charge on any atom is -0.327 e. The number of fused-ring (bicyclic) bond motifs is 1. The molecule has 0 spiro atoms. The topological polar surface area (TPSA) is 26.0 Å². The predicted molar refractivity (Wildman–Crippen MR) is 81.2 cm³/mol. The van der Waals surface area contributed by atoms with Crippen LogP contribution in [-0.4, -0.2) is 6.04 Å². The smallest absolute Gasteiger partial charge is 0.0136 e. The Morgan fingerprint density at radius 1 is 1.05 bits per heavy atom. The molecule has 0 amide bonds. The lowest BCUT2D eigenvalue weighted by molar-refractivity contribution is 0.229. The van der Waals surface area contributed by atoms with Crippen LogP contribution in [0, 0.1) is 11.8 Å². The van der Waals surface area contributed by atoms with Gasteiger partial charge in [0.2, 0.25) is 0 Å². The Balaban J connectivity index is 1.75. The molecule has 2 N–H and O–H groups in total. The average Bonchev–Trinajstić information content (AvgIpc) is 2.47. The quantitative estimate of drug-likeness (QED) is 0.841. The Bertz CT molecular complexity index is 417. The van der Waals surface area contributed by atoms with Gasteiger partial charge in [-0.05, 0) is 61.0 Å². The highest BCUT2D eigenvalue weighted by Crippen LogP contribution is 2.39. The summed E-state index contributed by atoms with van der Waals surface area (Å²) in [5.74, 6) is 2.29. The van der Waals surface area contributed by atoms with Crippen LogP contribution in [0.5, 0.6) is 0 Å². The summed E-state index contributed by atoms with van der Waals surface area (Å²) >= 11 is 0. The zero-order valence-electron chi connectivity index (χ0n) is 12.1. The van der Waals surface area contributed by atoms with Gasteiger partial charge in [-0.15, -0.1) is 0 Å². The fourth-order valence-corrected chi connectivity index (χ4v) is 4.19. The number of aryl methyl sites for hydroxylation is 1. The fraction of sp³-hybridized carbons (Fsp3) is 0.667. The van der Waals surface area contributed by atoms with Crippen LogP contribution in [0.15, 0.2) is 24.3 Å². The standard InChI is InChI=1S/C18H27N/c1-13-9-11-15(12-10-13)18(19)17-8-4-6-14-5-2-3-7-16(14)17/h2-3,5,7,13,15,17-18H,4,6,8-12,19H2,1H3. The molecule has 104 valence electrons. The van der Waals surface area contributed by atoms with E-state index in [2.05, 4.69) is 31.2 Å². The Hall–Kier alpha value is -0.820. The van der Waals surface area contributed by atoms with Crippen LogP contribution in [0.1, 0.15) is 62.5 Å². The molecule has 1 aromatic carbocycles. The van der Waals surface area contributed by atoms with E-state index in [1.165, 1.54) is 44.9 Å². The van der Waals surface area contributed by atoms with E-state index in [0.717, 1.165) is 11.8 Å². The number of nitrogens with two attached hydrogens (primary N) is 1. The Kier molecular flexibility index (Phi) is 3.93. The molecule has 1 aromatic rings. The largest absolute Gasteiger partial charge is 0.327 e. The van der Waals surface area contributed by atoms with Crippen LogP contribution in [0.4, 0.5) is 0 Å². The second kappa shape index (κ2) is 5.66. The first-order chi connectivity index (χ1) is 9.25. The molecule has 0 bridgehead atoms. The molecule has 0 aliphatic heterocycles. The lowest BCUT2D eigenvalue weighted by atomic mass is 9.70. The highest BCUT2D eigenvalue weighted by molar-refractivity contribution is 5.33. The number of hydrogen-bond acceptors (Lipinski definition) is 1. The summed E-state index contributed by atoms with van der Waals surface area (Å²) < 4.78 is 0. The van der Waals surface area contributed by atoms with Crippen molar-refractivity contribution in [3.63, 3.8) is 0 Å². The first kappa shape index (κ1) is 13.2. The summed E-state index contributed by atoms with van der Waals surface area (Å²) in [4.78, 5) is 0. The van der Waals surface area contributed by atoms with Crippen molar-refractivity contribution in [1.29, 1.82) is 0 Å². The molecule has 3 rings (SSSR count). The number of hydrogen-bond donors (Lipinski definition) is 1. The molecular formula is C18H27N. The highest BCUT2D eigenvalue weighted by Gasteiger charge is 2.32. The van der Waals surface area contributed by atoms with Gasteiger partial charge in [-0.1, -0.05) is 44.0 Å². The van der Waals surface area contributed by atoms with E-state index in [1.54, 1.807) is 11.1 Å². The molecule has 0 saturated heterocycles. The van der Waals surface area contributed by atoms with Crippen molar-refractivity contribution in [2.24, 2.45) is 17.6 Å². The van der Waals surface area contributed by atoms with Crippen molar-refractivity contribution in [2.75, 3.05) is 0 Å². The van der Waals surface area contributed by atoms with Gasteiger partial charge in [-0.25, -0.2) is 0 Å². The van der Waals surface area contributed by atoms with E-state index in [9.17, 15) is 0 Å². The van der Waals surface area contributed by atoms with Gasteiger partial charge in [0, 0.05) is 6.04 Å². The minimum atomic E-state index is 0.383. The maximum Gasteiger partial charge on any atom is 0.0136 e. The van der Waals surface area contributed by atoms with Gasteiger partial charge in [0.1, 0.15) is 0 Å². The third kappa shape index (κ3) is 2.72. The number of rotatable bonds is 2. The predicted octanol–water partition coefficient (Wildman–Crippen LogP) is 4.26. The van der Waals surface area contributed by atoms with E-state index in [0.29, 0.717) is 12.0 Å². The lowest BCUT2D eigenvalue weighted by Crippen LogP contribution is -2.39. The Morgan fingerprint density at radius 2 is 1.79 bits per heavy atom. The molecular weight excluding hydrogens is 230 g/mol. The van der Waals surface area contributed by atoms with Crippen molar-refractivity contribution in [3.05, 3.63) is 35.4 Å². The minimum absolute atomic E-state index is 0.383. The molecule has 1 nitrogen and oxygen atoms in total. The number of benzene rings is 1. The Morgan fingerprint density at radius 3 is 2.58 bits per heavy atom. The molecule has 0 radical (unpaired) electrons. The molecule has 2 atom stereocenters. The van der Waals surface area contributed by atoms with Gasteiger partial charge in [-0.3, -0.25) is 0 Å². The van der Waals surface area contributed by atoms with E-state index in [-0.39, 0.29) is 0 Å². The molecule has 0 aromatic heterocycles. The summed E-state index contributed by atoms with van der Waals surface area (Å²) in [5.41, 5.74) is 9.79. The van der Waals surface area contributed by atoms with Crippen molar-refractivity contribution in [1.82, 2.24) is 0 Å². The van der Waals surface area contributed by atoms with E-state index in [1.807, 2.05) is 0 Å². The summed E-state index contributed by atoms with van der Waals surface area (Å²) in [6.45, 7) is 2.39. The van der Waals surface area contributed by atoms with Gasteiger partial charge in [0.25, 0.3) is 0 Å². The van der Waals surface area contributed by atoms with Crippen LogP contribution in [0.25, 0.3) is 0 Å². The molecule has 19 heavy (non-hydrogen) atoms. The highest BCUT2D eigenvalue weighted by atomic mass is 14.7. The summed E-state index contributed by atoms with van der Waals surface area (Å²) in [7, 11) is 0. The monoisotopic (exact) mass is 257 g/mol. The van der Waals surface area contributed by atoms with Gasteiger partial charge >= 0.3 is 0 Å². The van der Waals surface area contributed by atoms with Gasteiger partial charge in [0.15, 0.2) is 0 Å². The van der Waals surface area contributed by atoms with Crippen molar-refractivity contribution >= 4 is 0 Å². The first-order valence-corrected chi connectivity index (χ1v) is 8.09. The van der Waals surface area contributed by atoms with Crippen LogP contribution < -0.4 is 5.73 Å². The molecule has 0 heterocycles. The lowest BCUT2D eigenvalue weighted by Gasteiger charge is -2.37. The van der Waals surface area contributed by atoms with Crippen LogP contribution in [0.3, 0.4) is 0 Å². The molecule has 1 saturated carbocycles. The van der Waals surface area contributed by atoms with E-state index in [4.69, 9.17) is 5.73 Å². The summed E-state index contributed by atoms with van der Waals surface area (Å²) in [6, 6.07) is 9.37. The van der Waals surface area contributed by atoms with Crippen LogP contribution in [-0.2, 0) is 6.42 Å². The zero-order chi connectivity index (χ0) is 13.2. The first-order valence-electron chi connectivity index (χ1n) is 8.09. The molecule has 2 unspecified atom stereocenters. The fourth-order valence-electron chi connectivity index (χ4n) is 4.19. The van der Waals surface area contributed by atoms with Crippen LogP contribution in [0.2, 0.25) is 0 Å². The van der Waals surface area contributed by atoms with E-state index < -0.39 is 0 Å². The second-order valence-electron chi connectivity index (χ2n) is 6.79. The molecule has 1 heteroatoms. The molecule has 2 aliphatic rings. The zero-order valence-corrected chi connectivity index (χ0v) is 12.1. The van der Waals surface area contributed by atoms with Crippen molar-refractivity contribution < 1.29 is 0 Å². The molecule has 1 fully saturated rings. The maximum atomic E-state index is 6.68. The third-order valence-electron chi connectivity index (χ3n) is 5.49. The normalized spacial score (nSPS) is 32.6. The second-order valence-corrected chi connectivity index (χ2v) is 6.79. The third-order valence-corrected chi connectivity index (χ3v) is 5.49. The van der Waals surface area contributed by atoms with Crippen molar-refractivity contribution in [3.8, 4) is 0 Å². The van der Waals surface area contributed by atoms with E-state index >= 15 is 0 Å². The van der Waals surface area contributed by atoms with Gasteiger partial charge in [-0.2, -0.15) is 0 Å². The van der Waals surface area contributed by atoms with Gasteiger partial charge in [0.05, 0.1) is 0 Å². The summed E-state index contributed by atoms with van der Waals surface area (Å²) in [5, 5.41) is 0. The molecule has 2 aliphatic carbocycles.